The van der Waals surface area contributed by atoms with Crippen molar-refractivity contribution >= 4 is 33.2 Å². The number of carbonyl (C=O) groups excluding carboxylic acids is 1. The number of aromatic nitrogens is 3. The molecule has 3 N–H and O–H groups in total. The molecule has 1 amide bonds. The Morgan fingerprint density at radius 1 is 1.07 bits per heavy atom. The molecule has 6 rings (SSSR count). The molecule has 10 nitrogen and oxygen atoms in total. The Morgan fingerprint density at radius 3 is 2.44 bits per heavy atom. The first-order valence-electron chi connectivity index (χ1n) is 13.5. The Hall–Kier alpha value is -3.87. The zero-order valence-corrected chi connectivity index (χ0v) is 23.8. The number of amides is 1. The summed E-state index contributed by atoms with van der Waals surface area (Å²) in [7, 11) is -3.82. The van der Waals surface area contributed by atoms with Crippen molar-refractivity contribution in [3.05, 3.63) is 82.0 Å². The van der Waals surface area contributed by atoms with E-state index in [1.165, 1.54) is 28.8 Å². The van der Waals surface area contributed by atoms with Gasteiger partial charge in [-0.1, -0.05) is 24.3 Å². The van der Waals surface area contributed by atoms with Gasteiger partial charge in [-0.05, 0) is 67.9 Å². The fourth-order valence-electron chi connectivity index (χ4n) is 5.23. The number of carbonyl (C=O) groups is 2. The van der Waals surface area contributed by atoms with Crippen molar-refractivity contribution < 1.29 is 23.1 Å². The SMILES string of the molecule is NS(=O)(=O)c1ccc(Cc2c(-c3cccc(C(=O)N4CCCC4)c3)nn(-c3nc(C(=O)O)cs3)c2CC2CC2)cc1. The number of primary sulfonamides is 1. The van der Waals surface area contributed by atoms with Crippen molar-refractivity contribution in [2.24, 2.45) is 11.1 Å². The molecule has 1 saturated carbocycles. The lowest BCUT2D eigenvalue weighted by atomic mass is 9.96. The zero-order valence-electron chi connectivity index (χ0n) is 22.2. The molecule has 0 unspecified atom stereocenters. The number of nitrogens with two attached hydrogens (primary N) is 1. The summed E-state index contributed by atoms with van der Waals surface area (Å²) in [4.78, 5) is 31.0. The smallest absolute Gasteiger partial charge is 0.355 e. The van der Waals surface area contributed by atoms with Gasteiger partial charge in [-0.3, -0.25) is 4.79 Å². The van der Waals surface area contributed by atoms with Crippen molar-refractivity contribution in [3.8, 4) is 16.4 Å². The number of carboxylic acids is 1. The first kappa shape index (κ1) is 27.3. The van der Waals surface area contributed by atoms with Gasteiger partial charge < -0.3 is 10.0 Å². The number of likely N-dealkylation sites (tertiary alicyclic amines) is 1. The van der Waals surface area contributed by atoms with Crippen LogP contribution in [0.2, 0.25) is 0 Å². The third-order valence-corrected chi connectivity index (χ3v) is 9.32. The van der Waals surface area contributed by atoms with E-state index in [1.807, 2.05) is 29.2 Å². The topological polar surface area (TPSA) is 148 Å². The van der Waals surface area contributed by atoms with Crippen LogP contribution in [0.3, 0.4) is 0 Å². The molecule has 0 atom stereocenters. The standard InChI is InChI=1S/C29H29N5O5S2/c30-41(38,39)22-10-8-18(9-11-22)14-23-25(15-19-6-7-19)34(29-31-24(17-40-29)28(36)37)32-26(23)20-4-3-5-21(16-20)27(35)33-12-1-2-13-33/h3-5,8-11,16-17,19H,1-2,6-7,12-15H2,(H,36,37)(H2,30,38,39). The van der Waals surface area contributed by atoms with Crippen LogP contribution in [-0.4, -0.2) is 58.2 Å². The average molecular weight is 592 g/mol. The molecule has 0 spiro atoms. The van der Waals surface area contributed by atoms with Crippen LogP contribution < -0.4 is 5.14 Å². The normalized spacial score (nSPS) is 15.4. The predicted octanol–water partition coefficient (Wildman–Crippen LogP) is 4.12. The zero-order chi connectivity index (χ0) is 28.7. The van der Waals surface area contributed by atoms with Crippen molar-refractivity contribution in [2.75, 3.05) is 13.1 Å². The van der Waals surface area contributed by atoms with E-state index in [0.717, 1.165) is 67.6 Å². The molecular weight excluding hydrogens is 562 g/mol. The number of aromatic carboxylic acids is 1. The Balaban J connectivity index is 1.48. The van der Waals surface area contributed by atoms with Crippen LogP contribution in [0.5, 0.6) is 0 Å². The third kappa shape index (κ3) is 5.81. The summed E-state index contributed by atoms with van der Waals surface area (Å²) in [6.45, 7) is 1.50. The van der Waals surface area contributed by atoms with Gasteiger partial charge >= 0.3 is 5.97 Å². The average Bonchev–Trinajstić information content (AvgIpc) is 3.32. The highest BCUT2D eigenvalue weighted by Gasteiger charge is 2.30. The molecule has 0 radical (unpaired) electrons. The Kier molecular flexibility index (Phi) is 7.22. The number of benzene rings is 2. The summed E-state index contributed by atoms with van der Waals surface area (Å²) in [5.41, 5.74) is 4.73. The van der Waals surface area contributed by atoms with Crippen LogP contribution in [0.15, 0.2) is 58.8 Å². The van der Waals surface area contributed by atoms with Gasteiger partial charge in [0.2, 0.25) is 15.2 Å². The van der Waals surface area contributed by atoms with Crippen LogP contribution in [-0.2, 0) is 22.9 Å². The van der Waals surface area contributed by atoms with Crippen LogP contribution in [0.25, 0.3) is 16.4 Å². The lowest BCUT2D eigenvalue weighted by Crippen LogP contribution is -2.27. The molecule has 3 heterocycles. The lowest BCUT2D eigenvalue weighted by molar-refractivity contribution is 0.0690. The first-order valence-corrected chi connectivity index (χ1v) is 15.9. The van der Waals surface area contributed by atoms with E-state index in [1.54, 1.807) is 16.8 Å². The maximum Gasteiger partial charge on any atom is 0.355 e. The highest BCUT2D eigenvalue weighted by Crippen LogP contribution is 2.38. The molecule has 41 heavy (non-hydrogen) atoms. The molecule has 2 fully saturated rings. The van der Waals surface area contributed by atoms with E-state index < -0.39 is 16.0 Å². The van der Waals surface area contributed by atoms with E-state index in [2.05, 4.69) is 4.98 Å². The number of sulfonamides is 1. The second-order valence-electron chi connectivity index (χ2n) is 10.6. The van der Waals surface area contributed by atoms with Crippen LogP contribution in [0.4, 0.5) is 0 Å². The Labute approximate surface area is 241 Å². The molecule has 12 heteroatoms. The van der Waals surface area contributed by atoms with Crippen LogP contribution in [0, 0.1) is 5.92 Å². The number of rotatable bonds is 9. The summed E-state index contributed by atoms with van der Waals surface area (Å²) in [5, 5.41) is 21.7. The summed E-state index contributed by atoms with van der Waals surface area (Å²) in [6.07, 6.45) is 5.39. The van der Waals surface area contributed by atoms with E-state index in [-0.39, 0.29) is 16.5 Å². The van der Waals surface area contributed by atoms with Gasteiger partial charge in [0.05, 0.1) is 16.3 Å². The second-order valence-corrected chi connectivity index (χ2v) is 13.0. The summed E-state index contributed by atoms with van der Waals surface area (Å²) in [6, 6.07) is 13.9. The number of hydrogen-bond acceptors (Lipinski definition) is 7. The molecule has 2 aliphatic rings. The summed E-state index contributed by atoms with van der Waals surface area (Å²) in [5.74, 6) is -0.621. The van der Waals surface area contributed by atoms with E-state index >= 15 is 0 Å². The van der Waals surface area contributed by atoms with Gasteiger partial charge in [-0.15, -0.1) is 11.3 Å². The molecule has 212 valence electrons. The number of hydrogen-bond donors (Lipinski definition) is 2. The molecule has 4 aromatic rings. The molecule has 2 aromatic heterocycles. The molecular formula is C29H29N5O5S2. The van der Waals surface area contributed by atoms with Crippen LogP contribution in [0.1, 0.15) is 63.4 Å². The monoisotopic (exact) mass is 591 g/mol. The minimum atomic E-state index is -3.82. The highest BCUT2D eigenvalue weighted by atomic mass is 32.2. The Bertz CT molecular complexity index is 1730. The van der Waals surface area contributed by atoms with E-state index in [9.17, 15) is 23.1 Å². The van der Waals surface area contributed by atoms with Gasteiger partial charge in [-0.2, -0.15) is 5.10 Å². The largest absolute Gasteiger partial charge is 0.476 e. The van der Waals surface area contributed by atoms with Gasteiger partial charge in [-0.25, -0.2) is 28.0 Å². The summed E-state index contributed by atoms with van der Waals surface area (Å²) < 4.78 is 25.3. The van der Waals surface area contributed by atoms with Crippen LogP contribution >= 0.6 is 11.3 Å². The lowest BCUT2D eigenvalue weighted by Gasteiger charge is -2.15. The maximum absolute atomic E-state index is 13.2. The molecule has 1 aliphatic carbocycles. The van der Waals surface area contributed by atoms with Crippen molar-refractivity contribution in [1.29, 1.82) is 0 Å². The third-order valence-electron chi connectivity index (χ3n) is 7.57. The van der Waals surface area contributed by atoms with Crippen molar-refractivity contribution in [3.63, 3.8) is 0 Å². The minimum Gasteiger partial charge on any atom is -0.476 e. The molecule has 1 saturated heterocycles. The first-order chi connectivity index (χ1) is 19.7. The van der Waals surface area contributed by atoms with Gasteiger partial charge in [0.1, 0.15) is 0 Å². The molecule has 0 bridgehead atoms. The number of carboxylic acid groups (broad SMARTS) is 1. The predicted molar refractivity (Wildman–Crippen MR) is 154 cm³/mol. The van der Waals surface area contributed by atoms with Crippen molar-refractivity contribution in [2.45, 2.75) is 43.4 Å². The summed E-state index contributed by atoms with van der Waals surface area (Å²) >= 11 is 1.21. The van der Waals surface area contributed by atoms with Gasteiger partial charge in [0.25, 0.3) is 5.91 Å². The maximum atomic E-state index is 13.2. The quantitative estimate of drug-likeness (QED) is 0.297. The van der Waals surface area contributed by atoms with E-state index in [4.69, 9.17) is 10.2 Å². The molecule has 1 aliphatic heterocycles. The number of thiazole rings is 1. The highest BCUT2D eigenvalue weighted by molar-refractivity contribution is 7.89. The second kappa shape index (κ2) is 10.8. The molecule has 2 aromatic carbocycles. The van der Waals surface area contributed by atoms with Crippen molar-refractivity contribution in [1.82, 2.24) is 19.7 Å². The number of nitrogens with zero attached hydrogens (tertiary/aromatic N) is 4. The van der Waals surface area contributed by atoms with Gasteiger partial charge in [0, 0.05) is 41.6 Å². The fourth-order valence-corrected chi connectivity index (χ4v) is 6.52. The minimum absolute atomic E-state index is 0.00635. The van der Waals surface area contributed by atoms with E-state index in [0.29, 0.717) is 28.7 Å². The van der Waals surface area contributed by atoms with Gasteiger partial charge in [0.15, 0.2) is 5.69 Å². The fraction of sp³-hybridized carbons (Fsp3) is 0.310. The Morgan fingerprint density at radius 2 is 1.80 bits per heavy atom.